The van der Waals surface area contributed by atoms with Gasteiger partial charge >= 0.3 is 0 Å². The molecule has 1 aliphatic heterocycles. The Morgan fingerprint density at radius 1 is 1.00 bits per heavy atom. The maximum absolute atomic E-state index is 13.0. The van der Waals surface area contributed by atoms with Gasteiger partial charge < -0.3 is 15.5 Å². The van der Waals surface area contributed by atoms with Crippen LogP contribution in [-0.2, 0) is 0 Å². The first-order chi connectivity index (χ1) is 13.0. The van der Waals surface area contributed by atoms with Crippen LogP contribution < -0.4 is 10.6 Å². The summed E-state index contributed by atoms with van der Waals surface area (Å²) in [5, 5.41) is 0. The zero-order chi connectivity index (χ0) is 19.0. The lowest BCUT2D eigenvalue weighted by molar-refractivity contribution is 0.0779. The molecule has 2 aliphatic rings. The number of hydrogen-bond donors (Lipinski definition) is 1. The number of carbonyl (C=O) groups is 2. The van der Waals surface area contributed by atoms with Crippen molar-refractivity contribution in [2.24, 2.45) is 17.6 Å². The molecule has 28 heavy (non-hydrogen) atoms. The lowest BCUT2D eigenvalue weighted by Crippen LogP contribution is -2.33. The van der Waals surface area contributed by atoms with Crippen LogP contribution in [0.15, 0.2) is 54.6 Å². The van der Waals surface area contributed by atoms with Gasteiger partial charge in [-0.3, -0.25) is 9.59 Å². The van der Waals surface area contributed by atoms with Crippen molar-refractivity contribution in [1.82, 2.24) is 4.90 Å². The van der Waals surface area contributed by atoms with Crippen LogP contribution in [0.4, 0.5) is 5.69 Å². The van der Waals surface area contributed by atoms with E-state index in [4.69, 9.17) is 5.73 Å². The Labute approximate surface area is 171 Å². The van der Waals surface area contributed by atoms with Crippen LogP contribution in [0.3, 0.4) is 0 Å². The number of anilines is 1. The van der Waals surface area contributed by atoms with Gasteiger partial charge in [0.2, 0.25) is 0 Å². The molecule has 0 aromatic heterocycles. The maximum atomic E-state index is 13.0. The van der Waals surface area contributed by atoms with Gasteiger partial charge in [-0.2, -0.15) is 0 Å². The van der Waals surface area contributed by atoms with Crippen LogP contribution in [0.1, 0.15) is 33.6 Å². The first kappa shape index (κ1) is 20.4. The number of nitrogens with zero attached hydrogens (tertiary/aromatic N) is 2. The summed E-state index contributed by atoms with van der Waals surface area (Å²) in [5.41, 5.74) is 8.09. The molecule has 1 saturated carbocycles. The fraction of sp³-hybridized carbons (Fsp3) is 0.364. The van der Waals surface area contributed by atoms with E-state index in [1.165, 1.54) is 0 Å². The molecule has 0 spiro atoms. The number of para-hydroxylation sites is 1. The van der Waals surface area contributed by atoms with E-state index in [-0.39, 0.29) is 30.3 Å². The third kappa shape index (κ3) is 3.77. The molecule has 3 unspecified atom stereocenters. The molecule has 6 heteroatoms. The summed E-state index contributed by atoms with van der Waals surface area (Å²) in [6, 6.07) is 16.7. The second kappa shape index (κ2) is 8.33. The Balaban J connectivity index is 0.00000225. The van der Waals surface area contributed by atoms with E-state index < -0.39 is 0 Å². The van der Waals surface area contributed by atoms with Gasteiger partial charge in [0.25, 0.3) is 11.8 Å². The summed E-state index contributed by atoms with van der Waals surface area (Å²) in [6.07, 6.45) is 2.17. The van der Waals surface area contributed by atoms with E-state index in [1.54, 1.807) is 36.2 Å². The normalized spacial score (nSPS) is 23.1. The van der Waals surface area contributed by atoms with E-state index in [0.717, 1.165) is 31.6 Å². The van der Waals surface area contributed by atoms with Crippen molar-refractivity contribution in [2.75, 3.05) is 25.0 Å². The molecule has 1 aliphatic carbocycles. The zero-order valence-electron chi connectivity index (χ0n) is 16.0. The molecule has 2 fully saturated rings. The fourth-order valence-corrected chi connectivity index (χ4v) is 4.40. The highest BCUT2D eigenvalue weighted by atomic mass is 35.5. The Bertz CT molecular complexity index is 858. The second-order valence-electron chi connectivity index (χ2n) is 7.66. The van der Waals surface area contributed by atoms with E-state index in [0.29, 0.717) is 23.0 Å². The number of nitrogens with two attached hydrogens (primary N) is 1. The molecule has 1 saturated heterocycles. The van der Waals surface area contributed by atoms with Gasteiger partial charge in [0.05, 0.1) is 0 Å². The molecule has 2 N–H and O–H groups in total. The lowest BCUT2D eigenvalue weighted by Gasteiger charge is -2.20. The molecule has 5 nitrogen and oxygen atoms in total. The number of halogens is 1. The van der Waals surface area contributed by atoms with Crippen molar-refractivity contribution >= 4 is 29.9 Å². The Morgan fingerprint density at radius 3 is 2.43 bits per heavy atom. The molecule has 2 aromatic rings. The Kier molecular flexibility index (Phi) is 6.06. The van der Waals surface area contributed by atoms with Crippen LogP contribution in [-0.4, -0.2) is 42.9 Å². The largest absolute Gasteiger partial charge is 0.338 e. The van der Waals surface area contributed by atoms with Gasteiger partial charge in [0.15, 0.2) is 0 Å². The number of carbonyl (C=O) groups excluding carboxylic acids is 2. The van der Waals surface area contributed by atoms with Crippen LogP contribution in [0.5, 0.6) is 0 Å². The first-order valence-corrected chi connectivity index (χ1v) is 9.52. The van der Waals surface area contributed by atoms with E-state index in [9.17, 15) is 9.59 Å². The van der Waals surface area contributed by atoms with Crippen molar-refractivity contribution in [3.8, 4) is 0 Å². The maximum Gasteiger partial charge on any atom is 0.258 e. The Hall–Kier alpha value is -2.37. The fourth-order valence-electron chi connectivity index (χ4n) is 4.40. The molecule has 0 radical (unpaired) electrons. The van der Waals surface area contributed by atoms with Crippen molar-refractivity contribution in [3.63, 3.8) is 0 Å². The zero-order valence-corrected chi connectivity index (χ0v) is 16.8. The molecule has 1 heterocycles. The Morgan fingerprint density at radius 2 is 1.71 bits per heavy atom. The molecule has 2 aromatic carbocycles. The lowest BCUT2D eigenvalue weighted by atomic mass is 9.98. The van der Waals surface area contributed by atoms with Crippen molar-refractivity contribution in [2.45, 2.75) is 18.9 Å². The molecular formula is C22H26ClN3O2. The summed E-state index contributed by atoms with van der Waals surface area (Å²) >= 11 is 0. The van der Waals surface area contributed by atoms with E-state index in [2.05, 4.69) is 0 Å². The van der Waals surface area contributed by atoms with Gasteiger partial charge in [-0.05, 0) is 55.0 Å². The van der Waals surface area contributed by atoms with Gasteiger partial charge in [-0.15, -0.1) is 12.4 Å². The summed E-state index contributed by atoms with van der Waals surface area (Å²) in [7, 11) is 1.75. The predicted octanol–water partition coefficient (Wildman–Crippen LogP) is 3.19. The minimum Gasteiger partial charge on any atom is -0.338 e. The molecule has 2 amide bonds. The molecular weight excluding hydrogens is 374 g/mol. The average molecular weight is 400 g/mol. The third-order valence-corrected chi connectivity index (χ3v) is 6.00. The number of hydrogen-bond acceptors (Lipinski definition) is 3. The summed E-state index contributed by atoms with van der Waals surface area (Å²) in [6.45, 7) is 1.51. The quantitative estimate of drug-likeness (QED) is 0.861. The number of likely N-dealkylation sites (tertiary alicyclic amines) is 1. The monoisotopic (exact) mass is 399 g/mol. The van der Waals surface area contributed by atoms with Crippen LogP contribution in [0.2, 0.25) is 0 Å². The standard InChI is InChI=1S/C22H25N3O2.ClH/c1-24(18-8-3-2-4-9-18)21(26)15-6-5-7-16(12-15)22(27)25-13-17-10-11-20(23)19(17)14-25;/h2-9,12,17,19-20H,10-11,13-14,23H2,1H3;1H. The number of fused-ring (bicyclic) bond motifs is 1. The van der Waals surface area contributed by atoms with Crippen molar-refractivity contribution < 1.29 is 9.59 Å². The van der Waals surface area contributed by atoms with Crippen LogP contribution in [0.25, 0.3) is 0 Å². The first-order valence-electron chi connectivity index (χ1n) is 9.52. The number of amides is 2. The summed E-state index contributed by atoms with van der Waals surface area (Å²) < 4.78 is 0. The topological polar surface area (TPSA) is 66.6 Å². The summed E-state index contributed by atoms with van der Waals surface area (Å²) in [4.78, 5) is 29.3. The van der Waals surface area contributed by atoms with E-state index in [1.807, 2.05) is 35.2 Å². The molecule has 4 rings (SSSR count). The molecule has 0 bridgehead atoms. The highest BCUT2D eigenvalue weighted by Crippen LogP contribution is 2.37. The van der Waals surface area contributed by atoms with Crippen LogP contribution in [0, 0.1) is 11.8 Å². The number of rotatable bonds is 3. The van der Waals surface area contributed by atoms with Gasteiger partial charge in [0.1, 0.15) is 0 Å². The smallest absolute Gasteiger partial charge is 0.258 e. The van der Waals surface area contributed by atoms with Gasteiger partial charge in [0, 0.05) is 43.0 Å². The highest BCUT2D eigenvalue weighted by Gasteiger charge is 2.42. The summed E-state index contributed by atoms with van der Waals surface area (Å²) in [5.74, 6) is 0.811. The average Bonchev–Trinajstić information content (AvgIpc) is 3.29. The van der Waals surface area contributed by atoms with Gasteiger partial charge in [-0.25, -0.2) is 0 Å². The highest BCUT2D eigenvalue weighted by molar-refractivity contribution is 6.07. The molecule has 3 atom stereocenters. The molecule has 148 valence electrons. The SMILES string of the molecule is CN(C(=O)c1cccc(C(=O)N2CC3CCC(N)C3C2)c1)c1ccccc1.Cl. The van der Waals surface area contributed by atoms with Crippen LogP contribution >= 0.6 is 12.4 Å². The predicted molar refractivity (Wildman–Crippen MR) is 113 cm³/mol. The van der Waals surface area contributed by atoms with Gasteiger partial charge in [-0.1, -0.05) is 24.3 Å². The van der Waals surface area contributed by atoms with E-state index >= 15 is 0 Å². The number of benzene rings is 2. The minimum atomic E-state index is -0.129. The third-order valence-electron chi connectivity index (χ3n) is 6.00. The van der Waals surface area contributed by atoms with Crippen molar-refractivity contribution in [1.29, 1.82) is 0 Å². The second-order valence-corrected chi connectivity index (χ2v) is 7.66. The minimum absolute atomic E-state index is 0. The van der Waals surface area contributed by atoms with Crippen molar-refractivity contribution in [3.05, 3.63) is 65.7 Å².